The Morgan fingerprint density at radius 1 is 1.29 bits per heavy atom. The van der Waals surface area contributed by atoms with Crippen LogP contribution in [0.25, 0.3) is 10.9 Å². The Morgan fingerprint density at radius 2 is 2.10 bits per heavy atom. The number of benzene rings is 1. The molecule has 21 heavy (non-hydrogen) atoms. The Labute approximate surface area is 124 Å². The Kier molecular flexibility index (Phi) is 4.22. The second-order valence-electron chi connectivity index (χ2n) is 5.42. The maximum absolute atomic E-state index is 5.97. The molecule has 0 amide bonds. The molecule has 0 unspecified atom stereocenters. The van der Waals surface area contributed by atoms with Crippen molar-refractivity contribution in [3.8, 4) is 5.75 Å². The van der Waals surface area contributed by atoms with Crippen LogP contribution in [-0.2, 0) is 11.3 Å². The van der Waals surface area contributed by atoms with E-state index in [1.54, 1.807) is 7.11 Å². The molecule has 112 valence electrons. The van der Waals surface area contributed by atoms with Gasteiger partial charge in [-0.2, -0.15) is 0 Å². The van der Waals surface area contributed by atoms with Crippen molar-refractivity contribution >= 4 is 16.7 Å². The van der Waals surface area contributed by atoms with Crippen molar-refractivity contribution in [1.82, 2.24) is 4.98 Å². The number of ether oxygens (including phenoxy) is 2. The van der Waals surface area contributed by atoms with Gasteiger partial charge in [-0.15, -0.1) is 0 Å². The average Bonchev–Trinajstić information content (AvgIpc) is 3.04. The van der Waals surface area contributed by atoms with E-state index < -0.39 is 0 Å². The summed E-state index contributed by atoms with van der Waals surface area (Å²) in [5.41, 5.74) is 4.51. The van der Waals surface area contributed by atoms with E-state index in [-0.39, 0.29) is 0 Å². The first-order valence-corrected chi connectivity index (χ1v) is 7.36. The summed E-state index contributed by atoms with van der Waals surface area (Å²) in [7, 11) is 1.65. The number of methoxy groups -OCH3 is 1. The molecule has 3 N–H and O–H groups in total. The van der Waals surface area contributed by atoms with Gasteiger partial charge >= 0.3 is 0 Å². The highest BCUT2D eigenvalue weighted by atomic mass is 16.5. The first-order valence-electron chi connectivity index (χ1n) is 7.36. The number of nitrogens with one attached hydrogen (secondary N) is 1. The zero-order valence-corrected chi connectivity index (χ0v) is 12.3. The van der Waals surface area contributed by atoms with Gasteiger partial charge in [0.15, 0.2) is 0 Å². The predicted octanol–water partition coefficient (Wildman–Crippen LogP) is 2.99. The van der Waals surface area contributed by atoms with Crippen molar-refractivity contribution in [2.75, 3.05) is 12.5 Å². The minimum Gasteiger partial charge on any atom is -0.497 e. The first-order chi connectivity index (χ1) is 10.3. The van der Waals surface area contributed by atoms with Crippen molar-refractivity contribution in [2.45, 2.75) is 38.4 Å². The highest BCUT2D eigenvalue weighted by Gasteiger charge is 2.16. The first kappa shape index (κ1) is 14.1. The van der Waals surface area contributed by atoms with Crippen molar-refractivity contribution in [3.63, 3.8) is 0 Å². The number of pyridine rings is 1. The van der Waals surface area contributed by atoms with Crippen LogP contribution >= 0.6 is 0 Å². The molecule has 0 spiro atoms. The van der Waals surface area contributed by atoms with E-state index in [2.05, 4.69) is 16.5 Å². The highest BCUT2D eigenvalue weighted by molar-refractivity contribution is 5.83. The lowest BCUT2D eigenvalue weighted by Gasteiger charge is -2.14. The zero-order valence-electron chi connectivity index (χ0n) is 12.3. The topological polar surface area (TPSA) is 69.4 Å². The third-order valence-corrected chi connectivity index (χ3v) is 4.02. The molecule has 2 aromatic rings. The van der Waals surface area contributed by atoms with E-state index in [4.69, 9.17) is 15.3 Å². The summed E-state index contributed by atoms with van der Waals surface area (Å²) in [6.07, 6.45) is 5.22. The van der Waals surface area contributed by atoms with Gasteiger partial charge in [0.25, 0.3) is 0 Å². The zero-order chi connectivity index (χ0) is 14.7. The summed E-state index contributed by atoms with van der Waals surface area (Å²) in [4.78, 5) is 4.55. The van der Waals surface area contributed by atoms with Crippen LogP contribution < -0.4 is 16.0 Å². The van der Waals surface area contributed by atoms with E-state index in [1.807, 2.05) is 18.2 Å². The molecule has 0 radical (unpaired) electrons. The molecule has 1 aliphatic carbocycles. The minimum absolute atomic E-state index is 0.377. The van der Waals surface area contributed by atoms with Crippen molar-refractivity contribution in [1.29, 1.82) is 0 Å². The summed E-state index contributed by atoms with van der Waals surface area (Å²) < 4.78 is 11.2. The van der Waals surface area contributed by atoms with Crippen LogP contribution in [0.1, 0.15) is 31.2 Å². The molecule has 1 aromatic heterocycles. The lowest BCUT2D eigenvalue weighted by atomic mass is 10.1. The van der Waals surface area contributed by atoms with E-state index >= 15 is 0 Å². The SMILES string of the molecule is COc1ccc2cc(COC3CCCC3)c(NN)nc2c1. The molecule has 1 aromatic carbocycles. The number of aromatic nitrogens is 1. The highest BCUT2D eigenvalue weighted by Crippen LogP contribution is 2.26. The number of rotatable bonds is 5. The standard InChI is InChI=1S/C16H21N3O2/c1-20-14-7-6-11-8-12(10-21-13-4-2-3-5-13)16(19-17)18-15(11)9-14/h6-9,13H,2-5,10,17H2,1H3,(H,18,19). The van der Waals surface area contributed by atoms with E-state index in [9.17, 15) is 0 Å². The van der Waals surface area contributed by atoms with Crippen LogP contribution in [-0.4, -0.2) is 18.2 Å². The number of nitrogens with zero attached hydrogens (tertiary/aromatic N) is 1. The lowest BCUT2D eigenvalue weighted by molar-refractivity contribution is 0.0459. The van der Waals surface area contributed by atoms with E-state index in [1.165, 1.54) is 12.8 Å². The summed E-state index contributed by atoms with van der Waals surface area (Å²) in [6, 6.07) is 7.91. The number of nitrogen functional groups attached to an aromatic ring is 1. The Bertz CT molecular complexity index is 624. The molecule has 0 bridgehead atoms. The molecule has 5 heteroatoms. The lowest BCUT2D eigenvalue weighted by Crippen LogP contribution is -2.14. The maximum atomic E-state index is 5.97. The number of hydrogen-bond acceptors (Lipinski definition) is 5. The molecule has 0 atom stereocenters. The van der Waals surface area contributed by atoms with Gasteiger partial charge in [0.2, 0.25) is 0 Å². The van der Waals surface area contributed by atoms with Crippen LogP contribution in [0.15, 0.2) is 24.3 Å². The molecule has 0 saturated heterocycles. The van der Waals surface area contributed by atoms with Crippen LogP contribution in [0, 0.1) is 0 Å². The fourth-order valence-corrected chi connectivity index (χ4v) is 2.82. The van der Waals surface area contributed by atoms with Crippen molar-refractivity contribution < 1.29 is 9.47 Å². The molecular weight excluding hydrogens is 266 g/mol. The molecular formula is C16H21N3O2. The van der Waals surface area contributed by atoms with Gasteiger partial charge in [0.1, 0.15) is 11.6 Å². The third kappa shape index (κ3) is 3.09. The second kappa shape index (κ2) is 6.28. The minimum atomic E-state index is 0.377. The Balaban J connectivity index is 1.86. The summed E-state index contributed by atoms with van der Waals surface area (Å²) >= 11 is 0. The van der Waals surface area contributed by atoms with Crippen molar-refractivity contribution in [2.24, 2.45) is 5.84 Å². The van der Waals surface area contributed by atoms with Crippen LogP contribution in [0.2, 0.25) is 0 Å². The largest absolute Gasteiger partial charge is 0.497 e. The molecule has 1 saturated carbocycles. The Hall–Kier alpha value is -1.85. The fraction of sp³-hybridized carbons (Fsp3) is 0.438. The third-order valence-electron chi connectivity index (χ3n) is 4.02. The van der Waals surface area contributed by atoms with Gasteiger partial charge in [-0.25, -0.2) is 10.8 Å². The average molecular weight is 287 g/mol. The molecule has 3 rings (SSSR count). The van der Waals surface area contributed by atoms with Crippen LogP contribution in [0.3, 0.4) is 0 Å². The van der Waals surface area contributed by atoms with E-state index in [0.717, 1.165) is 35.1 Å². The fourth-order valence-electron chi connectivity index (χ4n) is 2.82. The predicted molar refractivity (Wildman–Crippen MR) is 83.2 cm³/mol. The van der Waals surface area contributed by atoms with Gasteiger partial charge in [-0.05, 0) is 31.0 Å². The quantitative estimate of drug-likeness (QED) is 0.653. The summed E-state index contributed by atoms with van der Waals surface area (Å²) in [5, 5.41) is 1.06. The van der Waals surface area contributed by atoms with Gasteiger partial charge in [0, 0.05) is 17.0 Å². The molecule has 1 heterocycles. The number of anilines is 1. The summed E-state index contributed by atoms with van der Waals surface area (Å²) in [6.45, 7) is 0.541. The normalized spacial score (nSPS) is 15.5. The smallest absolute Gasteiger partial charge is 0.146 e. The second-order valence-corrected chi connectivity index (χ2v) is 5.42. The number of nitrogens with two attached hydrogens (primary N) is 1. The maximum Gasteiger partial charge on any atom is 0.146 e. The Morgan fingerprint density at radius 3 is 2.81 bits per heavy atom. The molecule has 5 nitrogen and oxygen atoms in total. The van der Waals surface area contributed by atoms with Gasteiger partial charge in [-0.1, -0.05) is 12.8 Å². The monoisotopic (exact) mass is 287 g/mol. The summed E-state index contributed by atoms with van der Waals surface area (Å²) in [5.74, 6) is 7.04. The van der Waals surface area contributed by atoms with Crippen LogP contribution in [0.4, 0.5) is 5.82 Å². The van der Waals surface area contributed by atoms with Gasteiger partial charge < -0.3 is 14.9 Å². The molecule has 1 aliphatic rings. The number of hydrazine groups is 1. The van der Waals surface area contributed by atoms with E-state index in [0.29, 0.717) is 18.5 Å². The molecule has 1 fully saturated rings. The van der Waals surface area contributed by atoms with Gasteiger partial charge in [-0.3, -0.25) is 0 Å². The van der Waals surface area contributed by atoms with Crippen LogP contribution in [0.5, 0.6) is 5.75 Å². The van der Waals surface area contributed by atoms with Gasteiger partial charge in [0.05, 0.1) is 25.3 Å². The number of hydrogen-bond donors (Lipinski definition) is 2. The molecule has 0 aliphatic heterocycles. The van der Waals surface area contributed by atoms with Crippen molar-refractivity contribution in [3.05, 3.63) is 29.8 Å². The number of fused-ring (bicyclic) bond motifs is 1.